The van der Waals surface area contributed by atoms with Crippen LogP contribution in [0.25, 0.3) is 22.0 Å². The van der Waals surface area contributed by atoms with Gasteiger partial charge in [0, 0.05) is 64.5 Å². The summed E-state index contributed by atoms with van der Waals surface area (Å²) >= 11 is 13.7. The van der Waals surface area contributed by atoms with Crippen molar-refractivity contribution in [2.75, 3.05) is 38.6 Å². The number of amides is 2. The zero-order chi connectivity index (χ0) is 34.2. The molecule has 3 N–H and O–H groups in total. The maximum absolute atomic E-state index is 12.5. The van der Waals surface area contributed by atoms with E-state index in [1.807, 2.05) is 30.5 Å². The van der Waals surface area contributed by atoms with Crippen molar-refractivity contribution < 1.29 is 14.3 Å². The molecule has 2 aromatic heterocycles. The van der Waals surface area contributed by atoms with Crippen molar-refractivity contribution in [1.29, 1.82) is 0 Å². The Morgan fingerprint density at radius 1 is 0.980 bits per heavy atom. The zero-order valence-electron chi connectivity index (χ0n) is 27.7. The molecule has 0 aliphatic carbocycles. The third-order valence-corrected chi connectivity index (χ3v) is 11.1. The predicted octanol–water partition coefficient (Wildman–Crippen LogP) is 5.31. The molecule has 0 saturated carbocycles. The van der Waals surface area contributed by atoms with Crippen LogP contribution in [0.1, 0.15) is 55.6 Å². The molecule has 0 radical (unpaired) electrons. The van der Waals surface area contributed by atoms with E-state index in [0.29, 0.717) is 41.9 Å². The van der Waals surface area contributed by atoms with Crippen LogP contribution in [-0.2, 0) is 23.2 Å². The quantitative estimate of drug-likeness (QED) is 0.211. The van der Waals surface area contributed by atoms with Crippen molar-refractivity contribution >= 4 is 51.6 Å². The van der Waals surface area contributed by atoms with E-state index >= 15 is 0 Å². The van der Waals surface area contributed by atoms with Crippen LogP contribution in [0.2, 0.25) is 10.0 Å². The fourth-order valence-electron chi connectivity index (χ4n) is 7.71. The van der Waals surface area contributed by atoms with Gasteiger partial charge in [0.25, 0.3) is 5.56 Å². The van der Waals surface area contributed by atoms with Crippen LogP contribution in [-0.4, -0.2) is 81.8 Å². The van der Waals surface area contributed by atoms with Gasteiger partial charge in [0.05, 0.1) is 13.3 Å². The van der Waals surface area contributed by atoms with E-state index in [2.05, 4.69) is 36.7 Å². The van der Waals surface area contributed by atoms with Crippen molar-refractivity contribution in [2.45, 2.75) is 63.1 Å². The number of aromatic nitrogens is 3. The lowest BCUT2D eigenvalue weighted by Crippen LogP contribution is -2.47. The number of aryl methyl sites for hydroxylation is 1. The highest BCUT2D eigenvalue weighted by Crippen LogP contribution is 2.38. The van der Waals surface area contributed by atoms with Crippen LogP contribution in [0.15, 0.2) is 47.5 Å². The Balaban J connectivity index is 0.934. The Morgan fingerprint density at radius 2 is 1.76 bits per heavy atom. The number of nitrogens with zero attached hydrogens (tertiary/aromatic N) is 4. The largest absolute Gasteiger partial charge is 0.496 e. The summed E-state index contributed by atoms with van der Waals surface area (Å²) in [6, 6.07) is 10.1. The number of fused-ring (bicyclic) bond motifs is 1. The van der Waals surface area contributed by atoms with Crippen LogP contribution in [0, 0.1) is 0 Å². The lowest BCUT2D eigenvalue weighted by molar-refractivity contribution is -0.133. The van der Waals surface area contributed by atoms with Crippen molar-refractivity contribution in [3.8, 4) is 16.9 Å². The molecule has 258 valence electrons. The maximum Gasteiger partial charge on any atom is 0.276 e. The topological polar surface area (TPSA) is 125 Å². The number of aromatic amines is 1. The van der Waals surface area contributed by atoms with Crippen LogP contribution >= 0.6 is 23.2 Å². The third kappa shape index (κ3) is 6.94. The number of pyridine rings is 1. The van der Waals surface area contributed by atoms with Crippen molar-refractivity contribution in [3.63, 3.8) is 0 Å². The number of hydrogen-bond donors (Lipinski definition) is 3. The summed E-state index contributed by atoms with van der Waals surface area (Å²) in [4.78, 5) is 41.3. The summed E-state index contributed by atoms with van der Waals surface area (Å²) < 4.78 is 7.40. The summed E-state index contributed by atoms with van der Waals surface area (Å²) in [6.07, 6.45) is 8.60. The van der Waals surface area contributed by atoms with Crippen molar-refractivity contribution in [3.05, 3.63) is 74.3 Å². The number of likely N-dealkylation sites (tertiary alicyclic amines) is 2. The molecule has 3 saturated heterocycles. The minimum Gasteiger partial charge on any atom is -0.496 e. The minimum absolute atomic E-state index is 0.129. The number of carbonyl (C=O) groups is 2. The number of rotatable bonds is 8. The first-order chi connectivity index (χ1) is 23.7. The summed E-state index contributed by atoms with van der Waals surface area (Å²) in [5.74, 6) is 0.619. The zero-order valence-corrected chi connectivity index (χ0v) is 29.2. The second kappa shape index (κ2) is 14.1. The molecule has 3 fully saturated rings. The molecule has 5 heterocycles. The molecule has 3 aliphatic rings. The fraction of sp³-hybridized carbons (Fsp3) is 0.444. The van der Waals surface area contributed by atoms with Gasteiger partial charge in [0.1, 0.15) is 17.3 Å². The SMILES string of the molecule is COc1cc(-c2cn(C)c(=O)c3[nH]ncc23)cc(Cl)c1CN1CCC(N2CCC(c3ccc(NC4CCC(=O)NC4=O)cc3Cl)CC2)CC1. The number of imide groups is 1. The minimum atomic E-state index is -0.429. The third-order valence-electron chi connectivity index (χ3n) is 10.5. The second-order valence-electron chi connectivity index (χ2n) is 13.5. The molecule has 1 atom stereocenters. The Bertz CT molecular complexity index is 1940. The Hall–Kier alpha value is -3.90. The average Bonchev–Trinajstić information content (AvgIpc) is 3.60. The van der Waals surface area contributed by atoms with Gasteiger partial charge < -0.3 is 19.5 Å². The van der Waals surface area contributed by atoms with Crippen LogP contribution in [0.4, 0.5) is 5.69 Å². The molecule has 7 rings (SSSR count). The van der Waals surface area contributed by atoms with Gasteiger partial charge in [-0.2, -0.15) is 5.10 Å². The standard InChI is InChI=1S/C36H41Cl2N7O4/c1-43-19-27(26-18-39-42-34(26)36(43)48)22-15-29(37)28(32(16-22)49-2)20-44-11-9-24(10-12-44)45-13-7-21(8-14-45)25-4-3-23(17-30(25)38)40-31-5-6-33(46)41-35(31)47/h3-4,15-19,21,24,31,40H,5-14,20H2,1-2H3,(H,39,42)(H,41,46,47). The molecule has 1 unspecified atom stereocenters. The number of nitrogens with one attached hydrogen (secondary N) is 3. The molecular weight excluding hydrogens is 665 g/mol. The Kier molecular flexibility index (Phi) is 9.70. The molecule has 2 amide bonds. The summed E-state index contributed by atoms with van der Waals surface area (Å²) in [5, 5.41) is 14.6. The van der Waals surface area contributed by atoms with Gasteiger partial charge >= 0.3 is 0 Å². The Morgan fingerprint density at radius 3 is 2.47 bits per heavy atom. The molecule has 0 spiro atoms. The average molecular weight is 707 g/mol. The highest BCUT2D eigenvalue weighted by atomic mass is 35.5. The van der Waals surface area contributed by atoms with Crippen LogP contribution < -0.4 is 20.9 Å². The molecule has 13 heteroatoms. The van der Waals surface area contributed by atoms with Gasteiger partial charge in [-0.1, -0.05) is 29.3 Å². The van der Waals surface area contributed by atoms with Gasteiger partial charge in [-0.15, -0.1) is 0 Å². The lowest BCUT2D eigenvalue weighted by Gasteiger charge is -2.42. The van der Waals surface area contributed by atoms with Crippen molar-refractivity contribution in [1.82, 2.24) is 29.9 Å². The molecular formula is C36H41Cl2N7O4. The van der Waals surface area contributed by atoms with E-state index in [9.17, 15) is 14.4 Å². The molecule has 2 aromatic carbocycles. The van der Waals surface area contributed by atoms with E-state index in [0.717, 1.165) is 96.0 Å². The van der Waals surface area contributed by atoms with Gasteiger partial charge in [0.2, 0.25) is 11.8 Å². The van der Waals surface area contributed by atoms with Crippen LogP contribution in [0.5, 0.6) is 5.75 Å². The molecule has 11 nitrogen and oxygen atoms in total. The fourth-order valence-corrected chi connectivity index (χ4v) is 8.31. The van der Waals surface area contributed by atoms with Gasteiger partial charge in [0.15, 0.2) is 0 Å². The summed E-state index contributed by atoms with van der Waals surface area (Å²) in [6.45, 7) is 4.75. The number of methoxy groups -OCH3 is 1. The van der Waals surface area contributed by atoms with Crippen LogP contribution in [0.3, 0.4) is 0 Å². The highest BCUT2D eigenvalue weighted by molar-refractivity contribution is 6.32. The van der Waals surface area contributed by atoms with Gasteiger partial charge in [-0.05, 0) is 99.6 Å². The number of anilines is 1. The normalized spacial score (nSPS) is 20.1. The predicted molar refractivity (Wildman–Crippen MR) is 191 cm³/mol. The first-order valence-corrected chi connectivity index (χ1v) is 17.7. The number of H-pyrrole nitrogens is 1. The summed E-state index contributed by atoms with van der Waals surface area (Å²) in [5.41, 5.74) is 4.99. The number of carbonyl (C=O) groups excluding carboxylic acids is 2. The number of halogens is 2. The Labute approximate surface area is 294 Å². The van der Waals surface area contributed by atoms with Gasteiger partial charge in [-0.3, -0.25) is 29.7 Å². The van der Waals surface area contributed by atoms with E-state index < -0.39 is 6.04 Å². The monoisotopic (exact) mass is 705 g/mol. The van der Waals surface area contributed by atoms with E-state index in [4.69, 9.17) is 27.9 Å². The molecule has 4 aromatic rings. The number of ether oxygens (including phenoxy) is 1. The van der Waals surface area contributed by atoms with Crippen molar-refractivity contribution in [2.24, 2.45) is 7.05 Å². The first kappa shape index (κ1) is 33.6. The molecule has 49 heavy (non-hydrogen) atoms. The van der Waals surface area contributed by atoms with Gasteiger partial charge in [-0.25, -0.2) is 0 Å². The van der Waals surface area contributed by atoms with E-state index in [1.54, 1.807) is 24.9 Å². The first-order valence-electron chi connectivity index (χ1n) is 16.9. The smallest absolute Gasteiger partial charge is 0.276 e. The van der Waals surface area contributed by atoms with E-state index in [1.165, 1.54) is 0 Å². The number of hydrogen-bond acceptors (Lipinski definition) is 8. The van der Waals surface area contributed by atoms with E-state index in [-0.39, 0.29) is 17.4 Å². The molecule has 3 aliphatic heterocycles. The number of piperidine rings is 3. The second-order valence-corrected chi connectivity index (χ2v) is 14.3. The molecule has 0 bridgehead atoms. The lowest BCUT2D eigenvalue weighted by atomic mass is 9.87. The highest BCUT2D eigenvalue weighted by Gasteiger charge is 2.31. The number of benzene rings is 2. The maximum atomic E-state index is 12.5. The summed E-state index contributed by atoms with van der Waals surface area (Å²) in [7, 11) is 3.40.